The third kappa shape index (κ3) is 2.15. The van der Waals surface area contributed by atoms with Gasteiger partial charge in [0, 0.05) is 4.47 Å². The average molecular weight is 260 g/mol. The quantitative estimate of drug-likeness (QED) is 0.767. The predicted molar refractivity (Wildman–Crippen MR) is 48.6 cm³/mol. The van der Waals surface area contributed by atoms with Crippen molar-refractivity contribution in [3.8, 4) is 6.07 Å². The lowest BCUT2D eigenvalue weighted by molar-refractivity contribution is 0.0989. The summed E-state index contributed by atoms with van der Waals surface area (Å²) in [6.07, 6.45) is -0.532. The van der Waals surface area contributed by atoms with Crippen molar-refractivity contribution < 1.29 is 13.6 Å². The van der Waals surface area contributed by atoms with Crippen molar-refractivity contribution in [2.24, 2.45) is 0 Å². The number of halogens is 3. The normalized spacial score (nSPS) is 9.57. The van der Waals surface area contributed by atoms with Crippen LogP contribution >= 0.6 is 15.9 Å². The molecule has 0 N–H and O–H groups in total. The monoisotopic (exact) mass is 259 g/mol. The van der Waals surface area contributed by atoms with E-state index in [4.69, 9.17) is 5.26 Å². The highest BCUT2D eigenvalue weighted by Crippen LogP contribution is 2.20. The standard InChI is InChI=1S/C9H4BrF2NO/c10-5-3-6(11)9(7(12)4-5)8(14)1-2-13/h3-4H,1H2. The van der Waals surface area contributed by atoms with Gasteiger partial charge in [-0.3, -0.25) is 4.79 Å². The molecule has 0 saturated heterocycles. The molecule has 1 aromatic carbocycles. The van der Waals surface area contributed by atoms with E-state index in [0.29, 0.717) is 0 Å². The average Bonchev–Trinajstić information content (AvgIpc) is 2.01. The number of carbonyl (C=O) groups is 1. The van der Waals surface area contributed by atoms with E-state index in [9.17, 15) is 13.6 Å². The number of benzene rings is 1. The van der Waals surface area contributed by atoms with E-state index >= 15 is 0 Å². The van der Waals surface area contributed by atoms with Crippen molar-refractivity contribution in [2.75, 3.05) is 0 Å². The first-order valence-electron chi connectivity index (χ1n) is 3.61. The molecule has 14 heavy (non-hydrogen) atoms. The molecule has 0 bridgehead atoms. The van der Waals surface area contributed by atoms with Crippen LogP contribution in [0.25, 0.3) is 0 Å². The Hall–Kier alpha value is -1.28. The zero-order valence-corrected chi connectivity index (χ0v) is 8.44. The summed E-state index contributed by atoms with van der Waals surface area (Å²) in [6.45, 7) is 0. The van der Waals surface area contributed by atoms with Crippen LogP contribution in [-0.4, -0.2) is 5.78 Å². The molecule has 0 radical (unpaired) electrons. The fraction of sp³-hybridized carbons (Fsp3) is 0.111. The van der Waals surface area contributed by atoms with E-state index in [1.165, 1.54) is 0 Å². The van der Waals surface area contributed by atoms with Crippen molar-refractivity contribution in [1.29, 1.82) is 5.26 Å². The molecule has 0 fully saturated rings. The molecular formula is C9H4BrF2NO. The summed E-state index contributed by atoms with van der Waals surface area (Å²) in [6, 6.07) is 3.50. The summed E-state index contributed by atoms with van der Waals surface area (Å²) in [5.41, 5.74) is -0.658. The number of nitrogens with zero attached hydrogens (tertiary/aromatic N) is 1. The van der Waals surface area contributed by atoms with Gasteiger partial charge in [0.15, 0.2) is 5.78 Å². The van der Waals surface area contributed by atoms with Gasteiger partial charge in [-0.1, -0.05) is 15.9 Å². The second kappa shape index (κ2) is 4.29. The van der Waals surface area contributed by atoms with E-state index in [1.54, 1.807) is 6.07 Å². The van der Waals surface area contributed by atoms with E-state index in [2.05, 4.69) is 15.9 Å². The van der Waals surface area contributed by atoms with Crippen LogP contribution < -0.4 is 0 Å². The van der Waals surface area contributed by atoms with Gasteiger partial charge in [-0.25, -0.2) is 8.78 Å². The van der Waals surface area contributed by atoms with E-state index in [-0.39, 0.29) is 4.47 Å². The summed E-state index contributed by atoms with van der Waals surface area (Å²) in [5.74, 6) is -2.77. The molecule has 0 unspecified atom stereocenters. The zero-order chi connectivity index (χ0) is 10.7. The molecule has 0 amide bonds. The number of nitriles is 1. The Kier molecular flexibility index (Phi) is 3.31. The Bertz CT molecular complexity index is 402. The van der Waals surface area contributed by atoms with Crippen LogP contribution in [0.1, 0.15) is 16.8 Å². The minimum absolute atomic E-state index is 0.209. The van der Waals surface area contributed by atoms with Gasteiger partial charge in [0.05, 0.1) is 18.1 Å². The molecule has 0 aliphatic heterocycles. The second-order valence-corrected chi connectivity index (χ2v) is 3.42. The molecule has 0 aromatic heterocycles. The molecule has 0 atom stereocenters. The maximum atomic E-state index is 13.1. The van der Waals surface area contributed by atoms with Gasteiger partial charge in [-0.2, -0.15) is 5.26 Å². The Morgan fingerprint density at radius 1 is 1.43 bits per heavy atom. The summed E-state index contributed by atoms with van der Waals surface area (Å²) in [5, 5.41) is 8.21. The molecule has 2 nitrogen and oxygen atoms in total. The molecule has 72 valence electrons. The van der Waals surface area contributed by atoms with E-state index in [0.717, 1.165) is 12.1 Å². The molecule has 1 aromatic rings. The van der Waals surface area contributed by atoms with Gasteiger partial charge in [0.1, 0.15) is 11.6 Å². The van der Waals surface area contributed by atoms with Crippen LogP contribution in [0.5, 0.6) is 0 Å². The van der Waals surface area contributed by atoms with E-state index in [1.807, 2.05) is 0 Å². The maximum absolute atomic E-state index is 13.1. The van der Waals surface area contributed by atoms with Crippen molar-refractivity contribution >= 4 is 21.7 Å². The maximum Gasteiger partial charge on any atom is 0.182 e. The first-order valence-corrected chi connectivity index (χ1v) is 4.40. The minimum Gasteiger partial charge on any atom is -0.293 e. The summed E-state index contributed by atoms with van der Waals surface area (Å²) < 4.78 is 26.4. The van der Waals surface area contributed by atoms with Crippen molar-refractivity contribution in [3.63, 3.8) is 0 Å². The summed E-state index contributed by atoms with van der Waals surface area (Å²) in [4.78, 5) is 11.1. The highest BCUT2D eigenvalue weighted by molar-refractivity contribution is 9.10. The highest BCUT2D eigenvalue weighted by atomic mass is 79.9. The largest absolute Gasteiger partial charge is 0.293 e. The topological polar surface area (TPSA) is 40.9 Å². The Balaban J connectivity index is 3.22. The summed E-state index contributed by atoms with van der Waals surface area (Å²) >= 11 is 2.88. The van der Waals surface area contributed by atoms with E-state index < -0.39 is 29.4 Å². The number of hydrogen-bond donors (Lipinski definition) is 0. The van der Waals surface area contributed by atoms with Crippen molar-refractivity contribution in [1.82, 2.24) is 0 Å². The first-order chi connectivity index (χ1) is 6.56. The first kappa shape index (κ1) is 10.8. The van der Waals surface area contributed by atoms with Crippen LogP contribution in [0.15, 0.2) is 16.6 Å². The van der Waals surface area contributed by atoms with Crippen LogP contribution in [0.3, 0.4) is 0 Å². The smallest absolute Gasteiger partial charge is 0.182 e. The van der Waals surface area contributed by atoms with Crippen molar-refractivity contribution in [2.45, 2.75) is 6.42 Å². The van der Waals surface area contributed by atoms with Gasteiger partial charge in [-0.05, 0) is 12.1 Å². The SMILES string of the molecule is N#CCC(=O)c1c(F)cc(Br)cc1F. The molecule has 0 heterocycles. The van der Waals surface area contributed by atoms with Crippen molar-refractivity contribution in [3.05, 3.63) is 33.8 Å². The highest BCUT2D eigenvalue weighted by Gasteiger charge is 2.17. The molecule has 5 heteroatoms. The minimum atomic E-state index is -0.961. The van der Waals surface area contributed by atoms with Gasteiger partial charge in [-0.15, -0.1) is 0 Å². The van der Waals surface area contributed by atoms with Crippen LogP contribution in [0.4, 0.5) is 8.78 Å². The molecule has 0 aliphatic carbocycles. The Labute approximate surface area is 87.3 Å². The number of rotatable bonds is 2. The Morgan fingerprint density at radius 2 is 1.93 bits per heavy atom. The fourth-order valence-electron chi connectivity index (χ4n) is 0.969. The fourth-order valence-corrected chi connectivity index (χ4v) is 1.37. The molecule has 0 saturated carbocycles. The third-order valence-electron chi connectivity index (χ3n) is 1.53. The molecule has 1 rings (SSSR count). The lowest BCUT2D eigenvalue weighted by Gasteiger charge is -2.01. The second-order valence-electron chi connectivity index (χ2n) is 2.50. The van der Waals surface area contributed by atoms with Crippen LogP contribution in [0.2, 0.25) is 0 Å². The summed E-state index contributed by atoms with van der Waals surface area (Å²) in [7, 11) is 0. The van der Waals surface area contributed by atoms with Gasteiger partial charge < -0.3 is 0 Å². The lowest BCUT2D eigenvalue weighted by atomic mass is 10.1. The third-order valence-corrected chi connectivity index (χ3v) is 1.98. The number of carbonyl (C=O) groups excluding carboxylic acids is 1. The number of hydrogen-bond acceptors (Lipinski definition) is 2. The van der Waals surface area contributed by atoms with Gasteiger partial charge >= 0.3 is 0 Å². The lowest BCUT2D eigenvalue weighted by Crippen LogP contribution is -2.05. The Morgan fingerprint density at radius 3 is 2.36 bits per heavy atom. The van der Waals surface area contributed by atoms with Crippen LogP contribution in [0, 0.1) is 23.0 Å². The van der Waals surface area contributed by atoms with Gasteiger partial charge in [0.25, 0.3) is 0 Å². The molecule has 0 aliphatic rings. The van der Waals surface area contributed by atoms with Gasteiger partial charge in [0.2, 0.25) is 0 Å². The zero-order valence-electron chi connectivity index (χ0n) is 6.85. The predicted octanol–water partition coefficient (Wildman–Crippen LogP) is 2.82. The van der Waals surface area contributed by atoms with Crippen LogP contribution in [-0.2, 0) is 0 Å². The molecule has 0 spiro atoms. The number of Topliss-reactive ketones (excluding diaryl/α,β-unsaturated/α-hetero) is 1. The molecular weight excluding hydrogens is 256 g/mol. The number of ketones is 1.